The van der Waals surface area contributed by atoms with Crippen LogP contribution in [0.5, 0.6) is 0 Å². The Labute approximate surface area is 107 Å². The molecule has 0 aromatic rings. The van der Waals surface area contributed by atoms with Gasteiger partial charge in [0.2, 0.25) is 5.91 Å². The molecule has 0 aromatic carbocycles. The van der Waals surface area contributed by atoms with Crippen molar-refractivity contribution in [3.8, 4) is 0 Å². The lowest BCUT2D eigenvalue weighted by Crippen LogP contribution is -2.56. The van der Waals surface area contributed by atoms with Crippen LogP contribution >= 0.6 is 11.8 Å². The molecule has 0 aliphatic carbocycles. The third-order valence-electron chi connectivity index (χ3n) is 2.87. The third-order valence-corrected chi connectivity index (χ3v) is 5.51. The van der Waals surface area contributed by atoms with Gasteiger partial charge in [0.05, 0.1) is 6.04 Å². The minimum Gasteiger partial charge on any atom is -0.323 e. The van der Waals surface area contributed by atoms with Gasteiger partial charge in [-0.3, -0.25) is 4.79 Å². The van der Waals surface area contributed by atoms with E-state index in [0.29, 0.717) is 12.3 Å². The van der Waals surface area contributed by atoms with Crippen molar-refractivity contribution in [2.75, 3.05) is 24.3 Å². The van der Waals surface area contributed by atoms with Gasteiger partial charge < -0.3 is 10.6 Å². The lowest BCUT2D eigenvalue weighted by atomic mass is 10.0. The van der Waals surface area contributed by atoms with Crippen molar-refractivity contribution < 1.29 is 13.2 Å². The van der Waals surface area contributed by atoms with Crippen LogP contribution in [0.4, 0.5) is 0 Å². The molecule has 1 saturated heterocycles. The van der Waals surface area contributed by atoms with E-state index in [0.717, 1.165) is 5.75 Å². The Morgan fingerprint density at radius 3 is 2.53 bits per heavy atom. The number of carbonyl (C=O) groups is 1. The van der Waals surface area contributed by atoms with Crippen LogP contribution in [0, 0.1) is 5.92 Å². The van der Waals surface area contributed by atoms with Crippen molar-refractivity contribution in [1.82, 2.24) is 4.90 Å². The first-order valence-electron chi connectivity index (χ1n) is 5.58. The standard InChI is InChI=1S/C10H20N2O3S2/c1-7(2)9(11)10(13)12-4-5-16-6-8(12)17(3,14)15/h7-9H,4-6,11H2,1-3H3/t8?,9-/m1/s1. The fourth-order valence-corrected chi connectivity index (χ4v) is 4.49. The van der Waals surface area contributed by atoms with E-state index in [1.165, 1.54) is 11.2 Å². The number of carbonyl (C=O) groups excluding carboxylic acids is 1. The van der Waals surface area contributed by atoms with Gasteiger partial charge in [-0.2, -0.15) is 11.8 Å². The number of thioether (sulfide) groups is 1. The number of sulfone groups is 1. The van der Waals surface area contributed by atoms with Crippen molar-refractivity contribution in [3.05, 3.63) is 0 Å². The molecule has 0 radical (unpaired) electrons. The van der Waals surface area contributed by atoms with E-state index in [4.69, 9.17) is 5.73 Å². The van der Waals surface area contributed by atoms with Gasteiger partial charge in [0.1, 0.15) is 5.37 Å². The number of nitrogens with two attached hydrogens (primary N) is 1. The maximum atomic E-state index is 12.1. The predicted octanol–water partition coefficient (Wildman–Crippen LogP) is -0.0842. The summed E-state index contributed by atoms with van der Waals surface area (Å²) in [7, 11) is -3.25. The van der Waals surface area contributed by atoms with Gasteiger partial charge in [-0.1, -0.05) is 13.8 Å². The molecular formula is C10H20N2O3S2. The summed E-state index contributed by atoms with van der Waals surface area (Å²) in [6.45, 7) is 4.18. The summed E-state index contributed by atoms with van der Waals surface area (Å²) >= 11 is 1.56. The second-order valence-electron chi connectivity index (χ2n) is 4.66. The zero-order valence-corrected chi connectivity index (χ0v) is 12.1. The molecule has 0 spiro atoms. The Hall–Kier alpha value is -0.270. The first-order valence-corrected chi connectivity index (χ1v) is 8.68. The molecule has 17 heavy (non-hydrogen) atoms. The summed E-state index contributed by atoms with van der Waals surface area (Å²) in [5.41, 5.74) is 5.80. The molecule has 2 atom stereocenters. The summed E-state index contributed by atoms with van der Waals surface area (Å²) in [5.74, 6) is 0.964. The zero-order valence-electron chi connectivity index (χ0n) is 10.4. The van der Waals surface area contributed by atoms with Gasteiger partial charge in [-0.15, -0.1) is 0 Å². The first kappa shape index (κ1) is 14.8. The summed E-state index contributed by atoms with van der Waals surface area (Å²) in [4.78, 5) is 13.6. The Morgan fingerprint density at radius 1 is 1.47 bits per heavy atom. The van der Waals surface area contributed by atoms with E-state index in [9.17, 15) is 13.2 Å². The van der Waals surface area contributed by atoms with Gasteiger partial charge in [0.15, 0.2) is 9.84 Å². The Kier molecular flexibility index (Phi) is 4.86. The molecule has 0 aromatic heterocycles. The Balaban J connectivity index is 2.89. The molecule has 2 N–H and O–H groups in total. The van der Waals surface area contributed by atoms with E-state index < -0.39 is 21.3 Å². The maximum Gasteiger partial charge on any atom is 0.240 e. The van der Waals surface area contributed by atoms with E-state index >= 15 is 0 Å². The minimum absolute atomic E-state index is 0.0114. The van der Waals surface area contributed by atoms with Crippen molar-refractivity contribution >= 4 is 27.5 Å². The molecule has 7 heteroatoms. The molecule has 5 nitrogen and oxygen atoms in total. The van der Waals surface area contributed by atoms with Gasteiger partial charge in [-0.25, -0.2) is 8.42 Å². The van der Waals surface area contributed by atoms with E-state index in [2.05, 4.69) is 0 Å². The summed E-state index contributed by atoms with van der Waals surface area (Å²) in [6.07, 6.45) is 1.17. The minimum atomic E-state index is -3.25. The molecule has 1 aliphatic rings. The smallest absolute Gasteiger partial charge is 0.240 e. The third kappa shape index (κ3) is 3.59. The van der Waals surface area contributed by atoms with Crippen molar-refractivity contribution in [1.29, 1.82) is 0 Å². The van der Waals surface area contributed by atoms with Gasteiger partial charge in [-0.05, 0) is 5.92 Å². The highest BCUT2D eigenvalue weighted by Gasteiger charge is 2.36. The average molecular weight is 280 g/mol. The van der Waals surface area contributed by atoms with E-state index in [1.54, 1.807) is 11.8 Å². The molecule has 1 unspecified atom stereocenters. The highest BCUT2D eigenvalue weighted by molar-refractivity contribution is 8.00. The number of hydrogen-bond acceptors (Lipinski definition) is 5. The monoisotopic (exact) mass is 280 g/mol. The summed E-state index contributed by atoms with van der Waals surface area (Å²) < 4.78 is 23.3. The zero-order chi connectivity index (χ0) is 13.2. The molecular weight excluding hydrogens is 260 g/mol. The summed E-state index contributed by atoms with van der Waals surface area (Å²) in [5, 5.41) is -0.724. The van der Waals surface area contributed by atoms with Crippen LogP contribution in [0.2, 0.25) is 0 Å². The largest absolute Gasteiger partial charge is 0.323 e. The van der Waals surface area contributed by atoms with Crippen LogP contribution in [0.1, 0.15) is 13.8 Å². The quantitative estimate of drug-likeness (QED) is 0.782. The van der Waals surface area contributed by atoms with Gasteiger partial charge >= 0.3 is 0 Å². The first-order chi connectivity index (χ1) is 7.75. The molecule has 1 heterocycles. The fraction of sp³-hybridized carbons (Fsp3) is 0.900. The topological polar surface area (TPSA) is 80.5 Å². The van der Waals surface area contributed by atoms with Crippen LogP contribution in [0.25, 0.3) is 0 Å². The maximum absolute atomic E-state index is 12.1. The molecule has 1 fully saturated rings. The molecule has 1 amide bonds. The molecule has 0 saturated carbocycles. The molecule has 0 bridgehead atoms. The second kappa shape index (κ2) is 5.58. The normalized spacial score (nSPS) is 23.8. The van der Waals surface area contributed by atoms with Crippen molar-refractivity contribution in [2.45, 2.75) is 25.3 Å². The van der Waals surface area contributed by atoms with Gasteiger partial charge in [0.25, 0.3) is 0 Å². The van der Waals surface area contributed by atoms with Crippen LogP contribution in [-0.4, -0.2) is 54.9 Å². The predicted molar refractivity (Wildman–Crippen MR) is 70.5 cm³/mol. The summed E-state index contributed by atoms with van der Waals surface area (Å²) in [6, 6.07) is -0.623. The fourth-order valence-electron chi connectivity index (χ4n) is 1.66. The van der Waals surface area contributed by atoms with Crippen LogP contribution in [0.3, 0.4) is 0 Å². The number of rotatable bonds is 3. The van der Waals surface area contributed by atoms with Gasteiger partial charge in [0, 0.05) is 24.3 Å². The van der Waals surface area contributed by atoms with E-state index in [1.807, 2.05) is 13.8 Å². The Morgan fingerprint density at radius 2 is 2.06 bits per heavy atom. The SMILES string of the molecule is CC(C)[C@@H](N)C(=O)N1CCSCC1S(C)(=O)=O. The second-order valence-corrected chi connectivity index (χ2v) is 8.01. The van der Waals surface area contributed by atoms with Crippen LogP contribution in [-0.2, 0) is 14.6 Å². The highest BCUT2D eigenvalue weighted by Crippen LogP contribution is 2.21. The van der Waals surface area contributed by atoms with Crippen molar-refractivity contribution in [3.63, 3.8) is 0 Å². The van der Waals surface area contributed by atoms with Crippen molar-refractivity contribution in [2.24, 2.45) is 11.7 Å². The van der Waals surface area contributed by atoms with Crippen LogP contribution < -0.4 is 5.73 Å². The molecule has 1 aliphatic heterocycles. The lowest BCUT2D eigenvalue weighted by molar-refractivity contribution is -0.133. The average Bonchev–Trinajstić information content (AvgIpc) is 2.25. The van der Waals surface area contributed by atoms with E-state index in [-0.39, 0.29) is 11.8 Å². The lowest BCUT2D eigenvalue weighted by Gasteiger charge is -2.36. The number of hydrogen-bond donors (Lipinski definition) is 1. The number of nitrogens with zero attached hydrogens (tertiary/aromatic N) is 1. The highest BCUT2D eigenvalue weighted by atomic mass is 32.2. The number of amides is 1. The molecule has 100 valence electrons. The Bertz CT molecular complexity index is 381. The molecule has 1 rings (SSSR count). The van der Waals surface area contributed by atoms with Crippen LogP contribution in [0.15, 0.2) is 0 Å².